The number of nitrogens with zero attached hydrogens (tertiary/aromatic N) is 1. The summed E-state index contributed by atoms with van der Waals surface area (Å²) in [4.78, 5) is 0. The molecule has 1 aliphatic carbocycles. The lowest BCUT2D eigenvalue weighted by molar-refractivity contribution is 1.17. The lowest BCUT2D eigenvalue weighted by Gasteiger charge is -2.12. The Morgan fingerprint density at radius 1 is 0.704 bits per heavy atom. The topological polar surface area (TPSA) is 4.93 Å². The zero-order valence-corrected chi connectivity index (χ0v) is 16.2. The number of hydrogen-bond acceptors (Lipinski definition) is 0. The first kappa shape index (κ1) is 15.2. The molecule has 0 bridgehead atoms. The van der Waals surface area contributed by atoms with Gasteiger partial charge in [-0.05, 0) is 47.4 Å². The summed E-state index contributed by atoms with van der Waals surface area (Å²) in [5.41, 5.74) is 9.36. The summed E-state index contributed by atoms with van der Waals surface area (Å²) in [5.74, 6) is 0. The number of para-hydroxylation sites is 1. The number of rotatable bonds is 1. The molecule has 1 aromatic heterocycles. The van der Waals surface area contributed by atoms with Gasteiger partial charge in [-0.15, -0.1) is 0 Å². The summed E-state index contributed by atoms with van der Waals surface area (Å²) in [6.07, 6.45) is 1.02. The van der Waals surface area contributed by atoms with Crippen molar-refractivity contribution >= 4 is 37.7 Å². The van der Waals surface area contributed by atoms with E-state index >= 15 is 0 Å². The van der Waals surface area contributed by atoms with E-state index in [1.165, 1.54) is 49.7 Å². The zero-order valence-electron chi connectivity index (χ0n) is 14.6. The Bertz CT molecular complexity index is 1360. The maximum absolute atomic E-state index is 3.65. The first-order chi connectivity index (χ1) is 13.3. The number of fused-ring (bicyclic) bond motifs is 7. The predicted octanol–water partition coefficient (Wildman–Crippen LogP) is 7.12. The van der Waals surface area contributed by atoms with Crippen LogP contribution in [0.3, 0.4) is 0 Å². The van der Waals surface area contributed by atoms with Crippen molar-refractivity contribution < 1.29 is 0 Å². The van der Waals surface area contributed by atoms with Crippen LogP contribution in [0, 0.1) is 0 Å². The van der Waals surface area contributed by atoms with Crippen molar-refractivity contribution in [1.29, 1.82) is 0 Å². The van der Waals surface area contributed by atoms with Gasteiger partial charge >= 0.3 is 0 Å². The first-order valence-corrected chi connectivity index (χ1v) is 10.00. The summed E-state index contributed by atoms with van der Waals surface area (Å²) in [7, 11) is 0. The molecule has 0 spiro atoms. The maximum Gasteiger partial charge on any atom is 0.0622 e. The van der Waals surface area contributed by atoms with Gasteiger partial charge in [-0.25, -0.2) is 0 Å². The predicted molar refractivity (Wildman–Crippen MR) is 117 cm³/mol. The molecule has 0 saturated carbocycles. The highest BCUT2D eigenvalue weighted by atomic mass is 79.9. The lowest BCUT2D eigenvalue weighted by atomic mass is 10.0. The second-order valence-corrected chi connectivity index (χ2v) is 8.08. The third kappa shape index (κ3) is 2.11. The minimum atomic E-state index is 1.02. The summed E-state index contributed by atoms with van der Waals surface area (Å²) >= 11 is 3.65. The monoisotopic (exact) mass is 409 g/mol. The van der Waals surface area contributed by atoms with Gasteiger partial charge in [0.25, 0.3) is 0 Å². The first-order valence-electron chi connectivity index (χ1n) is 9.20. The van der Waals surface area contributed by atoms with Gasteiger partial charge in [0, 0.05) is 26.5 Å². The summed E-state index contributed by atoms with van der Waals surface area (Å²) in [6.45, 7) is 0. The van der Waals surface area contributed by atoms with Crippen molar-refractivity contribution in [3.05, 3.63) is 101 Å². The molecule has 5 aromatic rings. The van der Waals surface area contributed by atoms with Gasteiger partial charge in [0.05, 0.1) is 11.0 Å². The van der Waals surface area contributed by atoms with Crippen LogP contribution in [0.15, 0.2) is 89.4 Å². The second-order valence-electron chi connectivity index (χ2n) is 7.16. The molecule has 1 nitrogen and oxygen atoms in total. The fourth-order valence-corrected chi connectivity index (χ4v) is 4.94. The van der Waals surface area contributed by atoms with Crippen LogP contribution in [-0.4, -0.2) is 4.57 Å². The van der Waals surface area contributed by atoms with Crippen molar-refractivity contribution in [3.8, 4) is 16.8 Å². The van der Waals surface area contributed by atoms with E-state index in [1.54, 1.807) is 0 Å². The molecule has 128 valence electrons. The van der Waals surface area contributed by atoms with Crippen LogP contribution in [0.2, 0.25) is 0 Å². The Balaban J connectivity index is 1.85. The summed E-state index contributed by atoms with van der Waals surface area (Å²) in [5, 5.41) is 2.63. The average Bonchev–Trinajstić information content (AvgIpc) is 3.23. The number of halogens is 1. The molecule has 1 heterocycles. The van der Waals surface area contributed by atoms with Crippen LogP contribution in [-0.2, 0) is 6.42 Å². The largest absolute Gasteiger partial charge is 0.309 e. The molecule has 0 amide bonds. The second kappa shape index (κ2) is 5.58. The minimum Gasteiger partial charge on any atom is -0.309 e. The lowest BCUT2D eigenvalue weighted by Crippen LogP contribution is -1.95. The molecule has 0 unspecified atom stereocenters. The molecule has 0 radical (unpaired) electrons. The van der Waals surface area contributed by atoms with Crippen LogP contribution in [0.4, 0.5) is 0 Å². The summed E-state index contributed by atoms with van der Waals surface area (Å²) < 4.78 is 3.52. The molecule has 4 aromatic carbocycles. The molecule has 1 aliphatic rings. The van der Waals surface area contributed by atoms with E-state index in [0.717, 1.165) is 10.9 Å². The smallest absolute Gasteiger partial charge is 0.0622 e. The maximum atomic E-state index is 3.65. The fourth-order valence-electron chi connectivity index (χ4n) is 4.55. The van der Waals surface area contributed by atoms with Crippen molar-refractivity contribution in [2.45, 2.75) is 6.42 Å². The van der Waals surface area contributed by atoms with Crippen LogP contribution >= 0.6 is 15.9 Å². The third-order valence-corrected chi connectivity index (χ3v) is 6.15. The Hall–Kier alpha value is -2.84. The van der Waals surface area contributed by atoms with E-state index in [4.69, 9.17) is 0 Å². The SMILES string of the molecule is Brc1cccc(-n2c3ccccc3c3ccc4c(c32)-c2ccccc2C4)c1. The van der Waals surface area contributed by atoms with Crippen LogP contribution in [0.25, 0.3) is 38.6 Å². The van der Waals surface area contributed by atoms with Gasteiger partial charge in [-0.1, -0.05) is 76.6 Å². The molecule has 0 aliphatic heterocycles. The highest BCUT2D eigenvalue weighted by Gasteiger charge is 2.24. The Morgan fingerprint density at radius 3 is 2.48 bits per heavy atom. The molecule has 27 heavy (non-hydrogen) atoms. The van der Waals surface area contributed by atoms with Crippen LogP contribution in [0.5, 0.6) is 0 Å². The number of aromatic nitrogens is 1. The van der Waals surface area contributed by atoms with Gasteiger partial charge < -0.3 is 4.57 Å². The van der Waals surface area contributed by atoms with E-state index in [1.807, 2.05) is 0 Å². The zero-order chi connectivity index (χ0) is 18.0. The molecule has 0 N–H and O–H groups in total. The molecular formula is C25H16BrN. The van der Waals surface area contributed by atoms with E-state index in [0.29, 0.717) is 0 Å². The fraction of sp³-hybridized carbons (Fsp3) is 0.0400. The van der Waals surface area contributed by atoms with Crippen LogP contribution in [0.1, 0.15) is 11.1 Å². The standard InChI is InChI=1S/C25H16BrN/c26-18-7-5-8-19(15-18)27-23-11-4-3-10-21(23)22-13-12-17-14-16-6-1-2-9-20(16)24(17)25(22)27/h1-13,15H,14H2. The van der Waals surface area contributed by atoms with Crippen molar-refractivity contribution in [2.24, 2.45) is 0 Å². The molecule has 6 rings (SSSR count). The average molecular weight is 410 g/mol. The Kier molecular flexibility index (Phi) is 3.15. The Morgan fingerprint density at radius 2 is 1.56 bits per heavy atom. The third-order valence-electron chi connectivity index (χ3n) is 5.66. The number of hydrogen-bond donors (Lipinski definition) is 0. The Labute approximate surface area is 166 Å². The van der Waals surface area contributed by atoms with Gasteiger partial charge in [0.15, 0.2) is 0 Å². The van der Waals surface area contributed by atoms with Gasteiger partial charge in [0.2, 0.25) is 0 Å². The van der Waals surface area contributed by atoms with E-state index < -0.39 is 0 Å². The van der Waals surface area contributed by atoms with E-state index in [2.05, 4.69) is 105 Å². The van der Waals surface area contributed by atoms with E-state index in [-0.39, 0.29) is 0 Å². The normalized spacial score (nSPS) is 12.5. The number of benzene rings is 4. The van der Waals surface area contributed by atoms with Gasteiger partial charge in [-0.3, -0.25) is 0 Å². The highest BCUT2D eigenvalue weighted by molar-refractivity contribution is 9.10. The molecule has 0 fully saturated rings. The molecule has 0 saturated heterocycles. The van der Waals surface area contributed by atoms with Crippen LogP contribution < -0.4 is 0 Å². The molecule has 0 atom stereocenters. The summed E-state index contributed by atoms with van der Waals surface area (Å²) in [6, 6.07) is 30.7. The highest BCUT2D eigenvalue weighted by Crippen LogP contribution is 2.45. The van der Waals surface area contributed by atoms with Crippen molar-refractivity contribution in [3.63, 3.8) is 0 Å². The molecule has 2 heteroatoms. The quantitative estimate of drug-likeness (QED) is 0.272. The van der Waals surface area contributed by atoms with E-state index in [9.17, 15) is 0 Å². The van der Waals surface area contributed by atoms with Gasteiger partial charge in [0.1, 0.15) is 0 Å². The van der Waals surface area contributed by atoms with Crippen molar-refractivity contribution in [2.75, 3.05) is 0 Å². The molecular weight excluding hydrogens is 394 g/mol. The minimum absolute atomic E-state index is 1.02. The van der Waals surface area contributed by atoms with Gasteiger partial charge in [-0.2, -0.15) is 0 Å². The van der Waals surface area contributed by atoms with Crippen molar-refractivity contribution in [1.82, 2.24) is 4.57 Å².